The molecule has 0 spiro atoms. The van der Waals surface area contributed by atoms with Crippen molar-refractivity contribution in [3.8, 4) is 0 Å². The van der Waals surface area contributed by atoms with E-state index in [1.807, 2.05) is 11.7 Å². The Morgan fingerprint density at radius 1 is 1.57 bits per heavy atom. The Morgan fingerprint density at radius 2 is 2.36 bits per heavy atom. The lowest BCUT2D eigenvalue weighted by Gasteiger charge is -2.38. The van der Waals surface area contributed by atoms with E-state index in [2.05, 4.69) is 24.1 Å². The van der Waals surface area contributed by atoms with Gasteiger partial charge in [-0.05, 0) is 24.7 Å². The van der Waals surface area contributed by atoms with Crippen LogP contribution in [0, 0.1) is 11.8 Å². The van der Waals surface area contributed by atoms with Crippen LogP contribution in [-0.2, 0) is 6.54 Å². The molecule has 0 atom stereocenters. The molecule has 14 heavy (non-hydrogen) atoms. The maximum Gasteiger partial charge on any atom is 0.0794 e. The SMILES string of the molecule is CC(C)C1CC(NCc2cncs2)C1. The van der Waals surface area contributed by atoms with Crippen molar-refractivity contribution in [1.82, 2.24) is 10.3 Å². The maximum atomic E-state index is 4.07. The first kappa shape index (κ1) is 10.1. The summed E-state index contributed by atoms with van der Waals surface area (Å²) in [6.07, 6.45) is 4.67. The van der Waals surface area contributed by atoms with Crippen molar-refractivity contribution in [1.29, 1.82) is 0 Å². The van der Waals surface area contributed by atoms with Crippen molar-refractivity contribution in [2.24, 2.45) is 11.8 Å². The molecule has 1 aromatic rings. The molecule has 78 valence electrons. The average molecular weight is 210 g/mol. The molecule has 1 aliphatic carbocycles. The minimum Gasteiger partial charge on any atom is -0.309 e. The van der Waals surface area contributed by atoms with Gasteiger partial charge in [0.25, 0.3) is 0 Å². The third-order valence-corrected chi connectivity index (χ3v) is 3.95. The number of thiazole rings is 1. The fourth-order valence-electron chi connectivity index (χ4n) is 1.95. The zero-order chi connectivity index (χ0) is 9.97. The van der Waals surface area contributed by atoms with E-state index in [-0.39, 0.29) is 0 Å². The summed E-state index contributed by atoms with van der Waals surface area (Å²) in [5.74, 6) is 1.81. The van der Waals surface area contributed by atoms with Crippen LogP contribution < -0.4 is 5.32 Å². The molecule has 0 aromatic carbocycles. The quantitative estimate of drug-likeness (QED) is 0.826. The molecule has 0 bridgehead atoms. The van der Waals surface area contributed by atoms with Crippen LogP contribution in [0.4, 0.5) is 0 Å². The van der Waals surface area contributed by atoms with Gasteiger partial charge in [-0.15, -0.1) is 11.3 Å². The Labute approximate surface area is 89.8 Å². The number of rotatable bonds is 4. The van der Waals surface area contributed by atoms with Crippen LogP contribution in [0.1, 0.15) is 31.6 Å². The number of hydrogen-bond acceptors (Lipinski definition) is 3. The molecule has 0 aliphatic heterocycles. The molecule has 1 N–H and O–H groups in total. The standard InChI is InChI=1S/C11H18N2S/c1-8(2)9-3-10(4-9)13-6-11-5-12-7-14-11/h5,7-10,13H,3-4,6H2,1-2H3. The van der Waals surface area contributed by atoms with Crippen LogP contribution in [0.5, 0.6) is 0 Å². The fraction of sp³-hybridized carbons (Fsp3) is 0.727. The van der Waals surface area contributed by atoms with Crippen LogP contribution in [0.3, 0.4) is 0 Å². The lowest BCUT2D eigenvalue weighted by atomic mass is 9.74. The van der Waals surface area contributed by atoms with E-state index in [0.717, 1.165) is 24.4 Å². The van der Waals surface area contributed by atoms with E-state index in [1.54, 1.807) is 11.3 Å². The van der Waals surface area contributed by atoms with Crippen LogP contribution in [-0.4, -0.2) is 11.0 Å². The van der Waals surface area contributed by atoms with Gasteiger partial charge in [-0.1, -0.05) is 13.8 Å². The molecule has 1 aliphatic rings. The summed E-state index contributed by atoms with van der Waals surface area (Å²) in [5, 5.41) is 3.58. The lowest BCUT2D eigenvalue weighted by molar-refractivity contribution is 0.168. The highest BCUT2D eigenvalue weighted by Gasteiger charge is 2.30. The molecule has 2 nitrogen and oxygen atoms in total. The smallest absolute Gasteiger partial charge is 0.0794 e. The summed E-state index contributed by atoms with van der Waals surface area (Å²) < 4.78 is 0. The lowest BCUT2D eigenvalue weighted by Crippen LogP contribution is -2.42. The van der Waals surface area contributed by atoms with Gasteiger partial charge in [0.05, 0.1) is 5.51 Å². The molecule has 1 aromatic heterocycles. The number of hydrogen-bond donors (Lipinski definition) is 1. The molecule has 0 unspecified atom stereocenters. The first-order valence-electron chi connectivity index (χ1n) is 5.36. The minimum atomic E-state index is 0.754. The van der Waals surface area contributed by atoms with Crippen molar-refractivity contribution >= 4 is 11.3 Å². The second-order valence-corrected chi connectivity index (χ2v) is 5.49. The normalized spacial score (nSPS) is 26.5. The van der Waals surface area contributed by atoms with E-state index in [1.165, 1.54) is 17.7 Å². The molecule has 3 heteroatoms. The molecular formula is C11H18N2S. The fourth-order valence-corrected chi connectivity index (χ4v) is 2.49. The van der Waals surface area contributed by atoms with Crippen molar-refractivity contribution in [2.45, 2.75) is 39.3 Å². The third-order valence-electron chi connectivity index (χ3n) is 3.17. The summed E-state index contributed by atoms with van der Waals surface area (Å²) in [6.45, 7) is 5.65. The molecular weight excluding hydrogens is 192 g/mol. The van der Waals surface area contributed by atoms with Gasteiger partial charge in [0.2, 0.25) is 0 Å². The Balaban J connectivity index is 1.65. The Morgan fingerprint density at radius 3 is 2.93 bits per heavy atom. The summed E-state index contributed by atoms with van der Waals surface area (Å²) in [5.41, 5.74) is 1.90. The van der Waals surface area contributed by atoms with Gasteiger partial charge in [-0.3, -0.25) is 4.98 Å². The molecule has 0 amide bonds. The highest BCUT2D eigenvalue weighted by molar-refractivity contribution is 7.09. The Bertz CT molecular complexity index is 263. The topological polar surface area (TPSA) is 24.9 Å². The summed E-state index contributed by atoms with van der Waals surface area (Å²) in [7, 11) is 0. The van der Waals surface area contributed by atoms with Gasteiger partial charge in [0, 0.05) is 23.7 Å². The van der Waals surface area contributed by atoms with Crippen LogP contribution >= 0.6 is 11.3 Å². The van der Waals surface area contributed by atoms with Gasteiger partial charge >= 0.3 is 0 Å². The molecule has 0 saturated heterocycles. The van der Waals surface area contributed by atoms with Crippen LogP contribution in [0.2, 0.25) is 0 Å². The van der Waals surface area contributed by atoms with Crippen molar-refractivity contribution < 1.29 is 0 Å². The summed E-state index contributed by atoms with van der Waals surface area (Å²) in [6, 6.07) is 0.754. The van der Waals surface area contributed by atoms with Gasteiger partial charge in [0.1, 0.15) is 0 Å². The van der Waals surface area contributed by atoms with E-state index in [0.29, 0.717) is 0 Å². The molecule has 2 rings (SSSR count). The van der Waals surface area contributed by atoms with Crippen LogP contribution in [0.25, 0.3) is 0 Å². The van der Waals surface area contributed by atoms with Crippen molar-refractivity contribution in [2.75, 3.05) is 0 Å². The Hall–Kier alpha value is -0.410. The number of nitrogens with zero attached hydrogens (tertiary/aromatic N) is 1. The van der Waals surface area contributed by atoms with E-state index in [9.17, 15) is 0 Å². The van der Waals surface area contributed by atoms with E-state index >= 15 is 0 Å². The van der Waals surface area contributed by atoms with Crippen LogP contribution in [0.15, 0.2) is 11.7 Å². The first-order valence-corrected chi connectivity index (χ1v) is 6.24. The minimum absolute atomic E-state index is 0.754. The highest BCUT2D eigenvalue weighted by atomic mass is 32.1. The molecule has 1 fully saturated rings. The first-order chi connectivity index (χ1) is 6.75. The Kier molecular flexibility index (Phi) is 3.19. The summed E-state index contributed by atoms with van der Waals surface area (Å²) >= 11 is 1.73. The van der Waals surface area contributed by atoms with Gasteiger partial charge in [-0.25, -0.2) is 0 Å². The van der Waals surface area contributed by atoms with Gasteiger partial charge in [0.15, 0.2) is 0 Å². The highest BCUT2D eigenvalue weighted by Crippen LogP contribution is 2.33. The molecule has 1 saturated carbocycles. The predicted molar refractivity (Wildman–Crippen MR) is 60.3 cm³/mol. The van der Waals surface area contributed by atoms with Crippen molar-refractivity contribution in [3.63, 3.8) is 0 Å². The molecule has 0 radical (unpaired) electrons. The second-order valence-electron chi connectivity index (χ2n) is 4.52. The maximum absolute atomic E-state index is 4.07. The average Bonchev–Trinajstić information content (AvgIpc) is 2.52. The monoisotopic (exact) mass is 210 g/mol. The predicted octanol–water partition coefficient (Wildman–Crippen LogP) is 2.67. The van der Waals surface area contributed by atoms with E-state index in [4.69, 9.17) is 0 Å². The third kappa shape index (κ3) is 2.34. The zero-order valence-corrected chi connectivity index (χ0v) is 9.68. The second kappa shape index (κ2) is 4.41. The number of aromatic nitrogens is 1. The molecule has 1 heterocycles. The number of nitrogens with one attached hydrogen (secondary N) is 1. The van der Waals surface area contributed by atoms with Gasteiger partial charge < -0.3 is 5.32 Å². The zero-order valence-electron chi connectivity index (χ0n) is 8.86. The van der Waals surface area contributed by atoms with E-state index < -0.39 is 0 Å². The summed E-state index contributed by atoms with van der Waals surface area (Å²) in [4.78, 5) is 5.41. The van der Waals surface area contributed by atoms with Crippen molar-refractivity contribution in [3.05, 3.63) is 16.6 Å². The van der Waals surface area contributed by atoms with Gasteiger partial charge in [-0.2, -0.15) is 0 Å². The largest absolute Gasteiger partial charge is 0.309 e.